The molecule has 1 N–H and O–H groups in total. The summed E-state index contributed by atoms with van der Waals surface area (Å²) in [5.74, 6) is -0.710. The number of carboxylic acids is 1. The maximum Gasteiger partial charge on any atom is 0.339 e. The highest BCUT2D eigenvalue weighted by Gasteiger charge is 2.15. The van der Waals surface area contributed by atoms with Crippen molar-refractivity contribution in [1.29, 1.82) is 5.26 Å². The minimum absolute atomic E-state index is 0.0993. The highest BCUT2D eigenvalue weighted by atomic mass is 16.4. The van der Waals surface area contributed by atoms with E-state index in [4.69, 9.17) is 10.4 Å². The summed E-state index contributed by atoms with van der Waals surface area (Å²) in [7, 11) is 0. The van der Waals surface area contributed by atoms with Crippen molar-refractivity contribution in [2.75, 3.05) is 0 Å². The molecule has 0 radical (unpaired) electrons. The molecule has 90 valence electrons. The number of aromatic nitrogens is 3. The Bertz CT molecular complexity index is 667. The van der Waals surface area contributed by atoms with Crippen molar-refractivity contribution in [3.8, 4) is 11.9 Å². The molecule has 6 nitrogen and oxygen atoms in total. The number of rotatable bonds is 2. The molecule has 0 aliphatic heterocycles. The van der Waals surface area contributed by atoms with Crippen molar-refractivity contribution in [3.05, 3.63) is 40.8 Å². The Labute approximate surface area is 103 Å². The topological polar surface area (TPSA) is 91.8 Å². The molecule has 18 heavy (non-hydrogen) atoms. The summed E-state index contributed by atoms with van der Waals surface area (Å²) in [4.78, 5) is 15.2. The third-order valence-corrected chi connectivity index (χ3v) is 2.48. The fourth-order valence-corrected chi connectivity index (χ4v) is 1.58. The zero-order chi connectivity index (χ0) is 13.3. The van der Waals surface area contributed by atoms with E-state index >= 15 is 0 Å². The zero-order valence-corrected chi connectivity index (χ0v) is 9.88. The van der Waals surface area contributed by atoms with Crippen LogP contribution in [0.25, 0.3) is 5.82 Å². The van der Waals surface area contributed by atoms with Crippen molar-refractivity contribution in [1.82, 2.24) is 14.8 Å². The van der Waals surface area contributed by atoms with E-state index in [1.165, 1.54) is 10.9 Å². The summed E-state index contributed by atoms with van der Waals surface area (Å²) >= 11 is 0. The van der Waals surface area contributed by atoms with Crippen LogP contribution in [-0.2, 0) is 0 Å². The van der Waals surface area contributed by atoms with Crippen LogP contribution >= 0.6 is 0 Å². The van der Waals surface area contributed by atoms with Gasteiger partial charge in [0, 0.05) is 11.9 Å². The molecule has 0 aliphatic rings. The van der Waals surface area contributed by atoms with Gasteiger partial charge in [0.2, 0.25) is 0 Å². The maximum atomic E-state index is 10.9. The van der Waals surface area contributed by atoms with E-state index < -0.39 is 5.97 Å². The summed E-state index contributed by atoms with van der Waals surface area (Å²) in [6, 6.07) is 5.36. The molecule has 0 spiro atoms. The van der Waals surface area contributed by atoms with Crippen molar-refractivity contribution >= 4 is 5.97 Å². The van der Waals surface area contributed by atoms with Crippen LogP contribution in [-0.4, -0.2) is 25.8 Å². The normalized spacial score (nSPS) is 10.1. The average molecular weight is 242 g/mol. The number of pyridine rings is 1. The predicted molar refractivity (Wildman–Crippen MR) is 62.5 cm³/mol. The lowest BCUT2D eigenvalue weighted by Gasteiger charge is -2.03. The number of hydrogen-bond donors (Lipinski definition) is 1. The Hall–Kier alpha value is -2.68. The van der Waals surface area contributed by atoms with E-state index in [2.05, 4.69) is 10.1 Å². The van der Waals surface area contributed by atoms with Crippen LogP contribution in [0.3, 0.4) is 0 Å². The molecule has 0 saturated carbocycles. The lowest BCUT2D eigenvalue weighted by molar-refractivity contribution is 0.0696. The maximum absolute atomic E-state index is 10.9. The first-order valence-electron chi connectivity index (χ1n) is 5.20. The first kappa shape index (κ1) is 11.8. The lowest BCUT2D eigenvalue weighted by atomic mass is 10.2. The van der Waals surface area contributed by atoms with Crippen molar-refractivity contribution in [2.24, 2.45) is 0 Å². The van der Waals surface area contributed by atoms with Crippen LogP contribution in [0, 0.1) is 25.2 Å². The highest BCUT2D eigenvalue weighted by Crippen LogP contribution is 2.14. The monoisotopic (exact) mass is 242 g/mol. The number of aryl methyl sites for hydroxylation is 2. The van der Waals surface area contributed by atoms with Gasteiger partial charge in [-0.2, -0.15) is 10.4 Å². The molecule has 0 aliphatic carbocycles. The molecule has 0 amide bonds. The second-order valence-electron chi connectivity index (χ2n) is 3.81. The number of carbonyl (C=O) groups is 1. The van der Waals surface area contributed by atoms with Gasteiger partial charge in [-0.05, 0) is 26.0 Å². The van der Waals surface area contributed by atoms with Gasteiger partial charge in [-0.1, -0.05) is 0 Å². The van der Waals surface area contributed by atoms with Crippen LogP contribution < -0.4 is 0 Å². The minimum Gasteiger partial charge on any atom is -0.478 e. The van der Waals surface area contributed by atoms with Gasteiger partial charge in [0.1, 0.15) is 11.6 Å². The summed E-state index contributed by atoms with van der Waals surface area (Å²) in [6.45, 7) is 3.39. The summed E-state index contributed by atoms with van der Waals surface area (Å²) in [6.07, 6.45) is 1.36. The van der Waals surface area contributed by atoms with Crippen LogP contribution in [0.4, 0.5) is 0 Å². The van der Waals surface area contributed by atoms with Gasteiger partial charge in [-0.3, -0.25) is 0 Å². The van der Waals surface area contributed by atoms with E-state index in [-0.39, 0.29) is 5.56 Å². The van der Waals surface area contributed by atoms with Gasteiger partial charge >= 0.3 is 5.97 Å². The second-order valence-corrected chi connectivity index (χ2v) is 3.81. The highest BCUT2D eigenvalue weighted by molar-refractivity contribution is 5.88. The molecule has 0 saturated heterocycles. The Balaban J connectivity index is 2.62. The third kappa shape index (κ3) is 1.94. The van der Waals surface area contributed by atoms with Crippen molar-refractivity contribution in [3.63, 3.8) is 0 Å². The van der Waals surface area contributed by atoms with Crippen LogP contribution in [0.5, 0.6) is 0 Å². The molecule has 6 heteroatoms. The number of nitriles is 1. The van der Waals surface area contributed by atoms with E-state index in [1.807, 2.05) is 6.07 Å². The molecule has 2 rings (SSSR count). The molecule has 2 aromatic heterocycles. The number of hydrogen-bond acceptors (Lipinski definition) is 4. The summed E-state index contributed by atoms with van der Waals surface area (Å²) < 4.78 is 1.32. The second kappa shape index (κ2) is 4.30. The fraction of sp³-hybridized carbons (Fsp3) is 0.167. The number of aromatic carboxylic acids is 1. The predicted octanol–water partition coefficient (Wildman–Crippen LogP) is 1.45. The van der Waals surface area contributed by atoms with Crippen molar-refractivity contribution < 1.29 is 9.90 Å². The molecule has 0 aromatic carbocycles. The number of carboxylic acid groups (broad SMARTS) is 1. The van der Waals surface area contributed by atoms with Crippen LogP contribution in [0.15, 0.2) is 18.3 Å². The van der Waals surface area contributed by atoms with Gasteiger partial charge in [0.05, 0.1) is 11.3 Å². The first-order valence-corrected chi connectivity index (χ1v) is 5.20. The van der Waals surface area contributed by atoms with Crippen molar-refractivity contribution in [2.45, 2.75) is 13.8 Å². The third-order valence-electron chi connectivity index (χ3n) is 2.48. The van der Waals surface area contributed by atoms with Crippen LogP contribution in [0.1, 0.15) is 27.3 Å². The quantitative estimate of drug-likeness (QED) is 0.860. The largest absolute Gasteiger partial charge is 0.478 e. The molecule has 2 aromatic rings. The van der Waals surface area contributed by atoms with Gasteiger partial charge in [0.15, 0.2) is 5.82 Å². The van der Waals surface area contributed by atoms with Gasteiger partial charge in [-0.25, -0.2) is 14.5 Å². The van der Waals surface area contributed by atoms with Gasteiger partial charge in [-0.15, -0.1) is 0 Å². The molecule has 2 heterocycles. The fourth-order valence-electron chi connectivity index (χ4n) is 1.58. The Kier molecular flexibility index (Phi) is 2.81. The summed E-state index contributed by atoms with van der Waals surface area (Å²) in [5.41, 5.74) is 1.56. The average Bonchev–Trinajstić information content (AvgIpc) is 2.71. The van der Waals surface area contributed by atoms with E-state index in [0.29, 0.717) is 17.1 Å². The van der Waals surface area contributed by atoms with Gasteiger partial charge in [0.25, 0.3) is 0 Å². The van der Waals surface area contributed by atoms with Gasteiger partial charge < -0.3 is 5.11 Å². The summed E-state index contributed by atoms with van der Waals surface area (Å²) in [5, 5.41) is 22.1. The minimum atomic E-state index is -1.05. The Morgan fingerprint density at radius 3 is 2.72 bits per heavy atom. The Morgan fingerprint density at radius 2 is 2.17 bits per heavy atom. The molecular weight excluding hydrogens is 232 g/mol. The SMILES string of the molecule is Cc1ccc(C#N)c(-n2cc(C(=O)O)c(C)n2)n1. The molecular formula is C12H10N4O2. The molecule has 0 unspecified atom stereocenters. The standard InChI is InChI=1S/C12H10N4O2/c1-7-3-4-9(5-13)11(14-7)16-6-10(12(17)18)8(2)15-16/h3-4,6H,1-2H3,(H,17,18). The molecule has 0 bridgehead atoms. The number of nitrogens with zero attached hydrogens (tertiary/aromatic N) is 4. The zero-order valence-electron chi connectivity index (χ0n) is 9.88. The first-order chi connectivity index (χ1) is 8.52. The smallest absolute Gasteiger partial charge is 0.339 e. The lowest BCUT2D eigenvalue weighted by Crippen LogP contribution is -2.03. The van der Waals surface area contributed by atoms with E-state index in [0.717, 1.165) is 5.69 Å². The van der Waals surface area contributed by atoms with E-state index in [1.54, 1.807) is 26.0 Å². The Morgan fingerprint density at radius 1 is 1.44 bits per heavy atom. The molecule has 0 atom stereocenters. The van der Waals surface area contributed by atoms with Crippen LogP contribution in [0.2, 0.25) is 0 Å². The molecule has 0 fully saturated rings. The van der Waals surface area contributed by atoms with E-state index in [9.17, 15) is 4.79 Å².